The molecule has 0 unspecified atom stereocenters. The van der Waals surface area contributed by atoms with Crippen molar-refractivity contribution in [2.24, 2.45) is 0 Å². The van der Waals surface area contributed by atoms with Gasteiger partial charge in [0.15, 0.2) is 0 Å². The molecule has 0 bridgehead atoms. The van der Waals surface area contributed by atoms with Gasteiger partial charge in [-0.15, -0.1) is 0 Å². The Morgan fingerprint density at radius 2 is 1.91 bits per heavy atom. The Balaban J connectivity index is 1.97. The van der Waals surface area contributed by atoms with Gasteiger partial charge in [-0.05, 0) is 55.3 Å². The number of nitrogens with zero attached hydrogens (tertiary/aromatic N) is 1. The zero-order valence-corrected chi connectivity index (χ0v) is 13.2. The van der Waals surface area contributed by atoms with E-state index in [4.69, 9.17) is 16.9 Å². The number of nitriles is 1. The molecule has 0 fully saturated rings. The van der Waals surface area contributed by atoms with Crippen LogP contribution in [0.25, 0.3) is 0 Å². The van der Waals surface area contributed by atoms with Gasteiger partial charge in [-0.1, -0.05) is 17.7 Å². The van der Waals surface area contributed by atoms with E-state index >= 15 is 0 Å². The normalized spacial score (nSPS) is 9.91. The average molecular weight is 314 g/mol. The maximum absolute atomic E-state index is 11.9. The molecule has 0 spiro atoms. The van der Waals surface area contributed by atoms with Crippen molar-refractivity contribution >= 4 is 28.9 Å². The quantitative estimate of drug-likeness (QED) is 0.900. The van der Waals surface area contributed by atoms with Gasteiger partial charge in [-0.3, -0.25) is 4.79 Å². The number of rotatable bonds is 4. The van der Waals surface area contributed by atoms with Crippen LogP contribution in [-0.2, 0) is 4.79 Å². The number of amides is 1. The van der Waals surface area contributed by atoms with Crippen molar-refractivity contribution in [3.8, 4) is 6.07 Å². The van der Waals surface area contributed by atoms with E-state index in [0.29, 0.717) is 16.3 Å². The summed E-state index contributed by atoms with van der Waals surface area (Å²) in [6.07, 6.45) is 0. The SMILES string of the molecule is Cc1cc(C)c(NCC(=O)Nc2ccc(C#N)cc2)c(Cl)c1. The van der Waals surface area contributed by atoms with Crippen molar-refractivity contribution in [3.63, 3.8) is 0 Å². The molecule has 0 saturated carbocycles. The van der Waals surface area contributed by atoms with Crippen LogP contribution in [0.2, 0.25) is 5.02 Å². The van der Waals surface area contributed by atoms with E-state index in [1.54, 1.807) is 24.3 Å². The molecule has 5 heteroatoms. The lowest BCUT2D eigenvalue weighted by Gasteiger charge is -2.12. The fourth-order valence-electron chi connectivity index (χ4n) is 2.14. The van der Waals surface area contributed by atoms with Crippen LogP contribution in [-0.4, -0.2) is 12.5 Å². The molecule has 22 heavy (non-hydrogen) atoms. The summed E-state index contributed by atoms with van der Waals surface area (Å²) >= 11 is 6.19. The first-order valence-corrected chi connectivity index (χ1v) is 7.18. The minimum absolute atomic E-state index is 0.115. The molecule has 0 atom stereocenters. The molecule has 0 heterocycles. The Labute approximate surface area is 134 Å². The monoisotopic (exact) mass is 313 g/mol. The largest absolute Gasteiger partial charge is 0.375 e. The van der Waals surface area contributed by atoms with Crippen LogP contribution in [0.15, 0.2) is 36.4 Å². The van der Waals surface area contributed by atoms with Crippen molar-refractivity contribution in [2.75, 3.05) is 17.2 Å². The topological polar surface area (TPSA) is 64.9 Å². The maximum Gasteiger partial charge on any atom is 0.243 e. The van der Waals surface area contributed by atoms with Crippen LogP contribution in [0.3, 0.4) is 0 Å². The predicted molar refractivity (Wildman–Crippen MR) is 89.2 cm³/mol. The van der Waals surface area contributed by atoms with Gasteiger partial charge in [0.05, 0.1) is 28.9 Å². The molecular formula is C17H16ClN3O. The zero-order chi connectivity index (χ0) is 16.1. The van der Waals surface area contributed by atoms with E-state index in [1.807, 2.05) is 32.0 Å². The molecule has 2 N–H and O–H groups in total. The number of halogens is 1. The summed E-state index contributed by atoms with van der Waals surface area (Å²) < 4.78 is 0. The Bertz CT molecular complexity index is 710. The number of benzene rings is 2. The lowest BCUT2D eigenvalue weighted by atomic mass is 10.1. The highest BCUT2D eigenvalue weighted by atomic mass is 35.5. The van der Waals surface area contributed by atoms with Gasteiger partial charge in [-0.2, -0.15) is 5.26 Å². The molecule has 112 valence electrons. The first-order chi connectivity index (χ1) is 10.5. The van der Waals surface area contributed by atoms with Crippen LogP contribution < -0.4 is 10.6 Å². The summed E-state index contributed by atoms with van der Waals surface area (Å²) in [5.74, 6) is -0.180. The van der Waals surface area contributed by atoms with Crippen LogP contribution in [0, 0.1) is 25.2 Å². The summed E-state index contributed by atoms with van der Waals surface area (Å²) in [5.41, 5.74) is 4.05. The van der Waals surface area contributed by atoms with Crippen LogP contribution in [0.5, 0.6) is 0 Å². The minimum Gasteiger partial charge on any atom is -0.375 e. The highest BCUT2D eigenvalue weighted by Crippen LogP contribution is 2.27. The first kappa shape index (κ1) is 15.9. The molecule has 4 nitrogen and oxygen atoms in total. The van der Waals surface area contributed by atoms with Crippen molar-refractivity contribution in [1.29, 1.82) is 5.26 Å². The molecule has 0 aliphatic rings. The molecule has 0 radical (unpaired) electrons. The molecule has 0 aliphatic heterocycles. The van der Waals surface area contributed by atoms with E-state index in [1.165, 1.54) is 0 Å². The second-order valence-corrected chi connectivity index (χ2v) is 5.44. The molecule has 0 aliphatic carbocycles. The maximum atomic E-state index is 11.9. The molecular weight excluding hydrogens is 298 g/mol. The van der Waals surface area contributed by atoms with Crippen molar-refractivity contribution in [2.45, 2.75) is 13.8 Å². The van der Waals surface area contributed by atoms with Gasteiger partial charge in [0, 0.05) is 5.69 Å². The van der Waals surface area contributed by atoms with Gasteiger partial charge in [0.2, 0.25) is 5.91 Å². The summed E-state index contributed by atoms with van der Waals surface area (Å²) in [6.45, 7) is 4.03. The molecule has 2 aromatic carbocycles. The standard InChI is InChI=1S/C17H16ClN3O/c1-11-7-12(2)17(15(18)8-11)20-10-16(22)21-14-5-3-13(9-19)4-6-14/h3-8,20H,10H2,1-2H3,(H,21,22). The van der Waals surface area contributed by atoms with Gasteiger partial charge < -0.3 is 10.6 Å². The van der Waals surface area contributed by atoms with Gasteiger partial charge >= 0.3 is 0 Å². The number of nitrogens with one attached hydrogen (secondary N) is 2. The van der Waals surface area contributed by atoms with Crippen molar-refractivity contribution in [3.05, 3.63) is 58.1 Å². The van der Waals surface area contributed by atoms with Crippen LogP contribution in [0.4, 0.5) is 11.4 Å². The smallest absolute Gasteiger partial charge is 0.243 e. The number of anilines is 2. The van der Waals surface area contributed by atoms with E-state index in [9.17, 15) is 4.79 Å². The average Bonchev–Trinajstić information content (AvgIpc) is 2.47. The molecule has 0 aromatic heterocycles. The van der Waals surface area contributed by atoms with E-state index in [0.717, 1.165) is 16.8 Å². The molecule has 2 rings (SSSR count). The van der Waals surface area contributed by atoms with E-state index in [-0.39, 0.29) is 12.5 Å². The fourth-order valence-corrected chi connectivity index (χ4v) is 2.53. The van der Waals surface area contributed by atoms with Crippen molar-refractivity contribution < 1.29 is 4.79 Å². The third kappa shape index (κ3) is 4.00. The predicted octanol–water partition coefficient (Wildman–Crippen LogP) is 3.88. The lowest BCUT2D eigenvalue weighted by molar-refractivity contribution is -0.114. The lowest BCUT2D eigenvalue weighted by Crippen LogP contribution is -2.22. The molecule has 1 amide bonds. The van der Waals surface area contributed by atoms with Crippen molar-refractivity contribution in [1.82, 2.24) is 0 Å². The summed E-state index contributed by atoms with van der Waals surface area (Å²) in [5, 5.41) is 15.1. The zero-order valence-electron chi connectivity index (χ0n) is 12.4. The first-order valence-electron chi connectivity index (χ1n) is 6.80. The summed E-state index contributed by atoms with van der Waals surface area (Å²) in [6, 6.07) is 12.6. The molecule has 2 aromatic rings. The number of carbonyl (C=O) groups excluding carboxylic acids is 1. The Morgan fingerprint density at radius 1 is 1.23 bits per heavy atom. The second kappa shape index (κ2) is 6.97. The minimum atomic E-state index is -0.180. The molecule has 0 saturated heterocycles. The van der Waals surface area contributed by atoms with Gasteiger partial charge in [0.1, 0.15) is 0 Å². The summed E-state index contributed by atoms with van der Waals surface area (Å²) in [7, 11) is 0. The highest BCUT2D eigenvalue weighted by molar-refractivity contribution is 6.33. The van der Waals surface area contributed by atoms with E-state index in [2.05, 4.69) is 10.6 Å². The van der Waals surface area contributed by atoms with Gasteiger partial charge in [0.25, 0.3) is 0 Å². The summed E-state index contributed by atoms with van der Waals surface area (Å²) in [4.78, 5) is 11.9. The van der Waals surface area contributed by atoms with Crippen LogP contribution in [0.1, 0.15) is 16.7 Å². The number of hydrogen-bond acceptors (Lipinski definition) is 3. The Morgan fingerprint density at radius 3 is 2.50 bits per heavy atom. The Hall–Kier alpha value is -2.51. The number of aryl methyl sites for hydroxylation is 2. The van der Waals surface area contributed by atoms with Crippen LogP contribution >= 0.6 is 11.6 Å². The number of carbonyl (C=O) groups is 1. The fraction of sp³-hybridized carbons (Fsp3) is 0.176. The number of hydrogen-bond donors (Lipinski definition) is 2. The van der Waals surface area contributed by atoms with Gasteiger partial charge in [-0.25, -0.2) is 0 Å². The second-order valence-electron chi connectivity index (χ2n) is 5.03. The third-order valence-electron chi connectivity index (χ3n) is 3.16. The Kier molecular flexibility index (Phi) is 5.03. The highest BCUT2D eigenvalue weighted by Gasteiger charge is 2.08. The van der Waals surface area contributed by atoms with E-state index < -0.39 is 0 Å². The third-order valence-corrected chi connectivity index (χ3v) is 3.45.